The summed E-state index contributed by atoms with van der Waals surface area (Å²) in [5.74, 6) is -3.41. The third kappa shape index (κ3) is 2.53. The summed E-state index contributed by atoms with van der Waals surface area (Å²) < 4.78 is 44.2. The fraction of sp³-hybridized carbons (Fsp3) is 0.250. The molecule has 96 valence electrons. The van der Waals surface area contributed by atoms with Crippen LogP contribution in [0.3, 0.4) is 0 Å². The van der Waals surface area contributed by atoms with Crippen molar-refractivity contribution in [1.82, 2.24) is 10.3 Å². The van der Waals surface area contributed by atoms with Gasteiger partial charge in [0.15, 0.2) is 23.2 Å². The molecule has 1 aromatic carbocycles. The maximum absolute atomic E-state index is 13.0. The minimum atomic E-state index is -1.49. The van der Waals surface area contributed by atoms with Gasteiger partial charge in [-0.05, 0) is 18.7 Å². The van der Waals surface area contributed by atoms with Crippen molar-refractivity contribution >= 4 is 0 Å². The van der Waals surface area contributed by atoms with Crippen molar-refractivity contribution in [2.45, 2.75) is 13.5 Å². The van der Waals surface area contributed by atoms with Crippen molar-refractivity contribution in [3.8, 4) is 11.3 Å². The Balaban J connectivity index is 2.28. The Bertz CT molecular complexity index is 531. The van der Waals surface area contributed by atoms with Crippen molar-refractivity contribution in [2.24, 2.45) is 0 Å². The van der Waals surface area contributed by atoms with Crippen molar-refractivity contribution in [1.29, 1.82) is 0 Å². The molecule has 0 fully saturated rings. The number of hydrogen-bond acceptors (Lipinski definition) is 3. The molecule has 2 aromatic rings. The predicted molar refractivity (Wildman–Crippen MR) is 59.2 cm³/mol. The topological polar surface area (TPSA) is 38.1 Å². The number of rotatable bonds is 4. The molecular formula is C12H11F3N2O. The molecule has 3 nitrogen and oxygen atoms in total. The van der Waals surface area contributed by atoms with Gasteiger partial charge >= 0.3 is 0 Å². The minimum Gasteiger partial charge on any atom is -0.439 e. The second kappa shape index (κ2) is 5.22. The van der Waals surface area contributed by atoms with Crippen molar-refractivity contribution in [3.63, 3.8) is 0 Å². The van der Waals surface area contributed by atoms with Crippen LogP contribution >= 0.6 is 0 Å². The van der Waals surface area contributed by atoms with E-state index in [0.717, 1.165) is 18.7 Å². The highest BCUT2D eigenvalue weighted by Gasteiger charge is 2.14. The molecule has 1 aromatic heterocycles. The van der Waals surface area contributed by atoms with Crippen LogP contribution in [0.15, 0.2) is 22.7 Å². The summed E-state index contributed by atoms with van der Waals surface area (Å²) in [5.41, 5.74) is 0.113. The van der Waals surface area contributed by atoms with Gasteiger partial charge in [0.25, 0.3) is 0 Å². The van der Waals surface area contributed by atoms with Crippen LogP contribution in [0.1, 0.15) is 12.8 Å². The van der Waals surface area contributed by atoms with Gasteiger partial charge in [0.2, 0.25) is 5.89 Å². The minimum absolute atomic E-state index is 0.113. The maximum atomic E-state index is 13.0. The number of oxazole rings is 1. The highest BCUT2D eigenvalue weighted by molar-refractivity contribution is 5.56. The Morgan fingerprint density at radius 1 is 1.22 bits per heavy atom. The van der Waals surface area contributed by atoms with E-state index in [1.165, 1.54) is 6.20 Å². The fourth-order valence-corrected chi connectivity index (χ4v) is 1.46. The average Bonchev–Trinajstić information content (AvgIpc) is 2.81. The van der Waals surface area contributed by atoms with Gasteiger partial charge in [-0.15, -0.1) is 0 Å². The number of nitrogens with zero attached hydrogens (tertiary/aromatic N) is 1. The lowest BCUT2D eigenvalue weighted by molar-refractivity contribution is 0.445. The number of nitrogens with one attached hydrogen (secondary N) is 1. The Morgan fingerprint density at radius 2 is 1.89 bits per heavy atom. The molecule has 1 N–H and O–H groups in total. The van der Waals surface area contributed by atoms with E-state index in [2.05, 4.69) is 10.3 Å². The lowest BCUT2D eigenvalue weighted by Crippen LogP contribution is -2.11. The molecule has 0 amide bonds. The van der Waals surface area contributed by atoms with Crippen LogP contribution in [-0.4, -0.2) is 11.5 Å². The summed E-state index contributed by atoms with van der Waals surface area (Å²) in [6.45, 7) is 3.09. The summed E-state index contributed by atoms with van der Waals surface area (Å²) in [4.78, 5) is 3.94. The van der Waals surface area contributed by atoms with Crippen molar-refractivity contribution < 1.29 is 17.6 Å². The zero-order valence-electron chi connectivity index (χ0n) is 9.64. The largest absolute Gasteiger partial charge is 0.439 e. The van der Waals surface area contributed by atoms with Crippen LogP contribution in [-0.2, 0) is 6.54 Å². The summed E-state index contributed by atoms with van der Waals surface area (Å²) >= 11 is 0. The molecule has 0 spiro atoms. The molecule has 0 saturated carbocycles. The van der Waals surface area contributed by atoms with E-state index in [-0.39, 0.29) is 11.3 Å². The maximum Gasteiger partial charge on any atom is 0.208 e. The number of hydrogen-bond donors (Lipinski definition) is 1. The molecule has 0 radical (unpaired) electrons. The Kier molecular flexibility index (Phi) is 3.66. The van der Waals surface area contributed by atoms with Gasteiger partial charge in [0.05, 0.1) is 12.7 Å². The van der Waals surface area contributed by atoms with E-state index in [0.29, 0.717) is 12.4 Å². The lowest BCUT2D eigenvalue weighted by Gasteiger charge is -2.00. The van der Waals surface area contributed by atoms with Crippen LogP contribution < -0.4 is 5.32 Å². The van der Waals surface area contributed by atoms with E-state index in [1.807, 2.05) is 6.92 Å². The highest BCUT2D eigenvalue weighted by Crippen LogP contribution is 2.24. The molecule has 0 aliphatic heterocycles. The second-order valence-corrected chi connectivity index (χ2v) is 3.65. The van der Waals surface area contributed by atoms with E-state index < -0.39 is 17.5 Å². The van der Waals surface area contributed by atoms with Crippen LogP contribution in [0.25, 0.3) is 11.3 Å². The zero-order chi connectivity index (χ0) is 13.1. The SMILES string of the molecule is CCNCc1ncc(-c2cc(F)c(F)c(F)c2)o1. The molecular weight excluding hydrogens is 245 g/mol. The first-order valence-corrected chi connectivity index (χ1v) is 5.42. The van der Waals surface area contributed by atoms with Crippen LogP contribution in [0.5, 0.6) is 0 Å². The molecule has 6 heteroatoms. The van der Waals surface area contributed by atoms with Crippen LogP contribution in [0, 0.1) is 17.5 Å². The molecule has 0 aliphatic rings. The molecule has 0 saturated heterocycles. The van der Waals surface area contributed by atoms with E-state index in [1.54, 1.807) is 0 Å². The van der Waals surface area contributed by atoms with Gasteiger partial charge < -0.3 is 9.73 Å². The van der Waals surface area contributed by atoms with E-state index >= 15 is 0 Å². The Labute approximate surface area is 102 Å². The normalized spacial score (nSPS) is 10.9. The zero-order valence-corrected chi connectivity index (χ0v) is 9.64. The molecule has 0 unspecified atom stereocenters. The molecule has 18 heavy (non-hydrogen) atoms. The quantitative estimate of drug-likeness (QED) is 0.855. The molecule has 0 aliphatic carbocycles. The van der Waals surface area contributed by atoms with Crippen molar-refractivity contribution in [3.05, 3.63) is 41.7 Å². The smallest absolute Gasteiger partial charge is 0.208 e. The number of halogens is 3. The molecule has 0 bridgehead atoms. The fourth-order valence-electron chi connectivity index (χ4n) is 1.46. The molecule has 0 atom stereocenters. The first-order valence-electron chi connectivity index (χ1n) is 5.42. The standard InChI is InChI=1S/C12H11F3N2O/c1-2-16-6-11-17-5-10(18-11)7-3-8(13)12(15)9(14)4-7/h3-5,16H,2,6H2,1H3. The van der Waals surface area contributed by atoms with Gasteiger partial charge in [0, 0.05) is 5.56 Å². The second-order valence-electron chi connectivity index (χ2n) is 3.65. The van der Waals surface area contributed by atoms with Crippen LogP contribution in [0.2, 0.25) is 0 Å². The van der Waals surface area contributed by atoms with Gasteiger partial charge in [-0.25, -0.2) is 18.2 Å². The highest BCUT2D eigenvalue weighted by atomic mass is 19.2. The molecule has 2 rings (SSSR count). The van der Waals surface area contributed by atoms with E-state index in [4.69, 9.17) is 4.42 Å². The predicted octanol–water partition coefficient (Wildman–Crippen LogP) is 2.87. The van der Waals surface area contributed by atoms with Gasteiger partial charge in [-0.3, -0.25) is 0 Å². The third-order valence-electron chi connectivity index (χ3n) is 2.35. The summed E-state index contributed by atoms with van der Waals surface area (Å²) in [6.07, 6.45) is 1.35. The van der Waals surface area contributed by atoms with Crippen molar-refractivity contribution in [2.75, 3.05) is 6.54 Å². The van der Waals surface area contributed by atoms with E-state index in [9.17, 15) is 13.2 Å². The number of aromatic nitrogens is 1. The van der Waals surface area contributed by atoms with Crippen LogP contribution in [0.4, 0.5) is 13.2 Å². The van der Waals surface area contributed by atoms with Gasteiger partial charge in [0.1, 0.15) is 0 Å². The van der Waals surface area contributed by atoms with Gasteiger partial charge in [-0.1, -0.05) is 6.92 Å². The third-order valence-corrected chi connectivity index (χ3v) is 2.35. The van der Waals surface area contributed by atoms with Gasteiger partial charge in [-0.2, -0.15) is 0 Å². The first-order chi connectivity index (χ1) is 8.61. The summed E-state index contributed by atoms with van der Waals surface area (Å²) in [5, 5.41) is 3.00. The molecule has 1 heterocycles. The Hall–Kier alpha value is -1.82. The monoisotopic (exact) mass is 256 g/mol. The summed E-state index contributed by atoms with van der Waals surface area (Å²) in [6, 6.07) is 1.74. The lowest BCUT2D eigenvalue weighted by atomic mass is 10.1. The first kappa shape index (κ1) is 12.6. The number of benzene rings is 1. The average molecular weight is 256 g/mol. The Morgan fingerprint density at radius 3 is 2.50 bits per heavy atom. The summed E-state index contributed by atoms with van der Waals surface area (Å²) in [7, 11) is 0.